The molecule has 2 aromatic carbocycles. The highest BCUT2D eigenvalue weighted by atomic mass is 35.5. The van der Waals surface area contributed by atoms with Crippen LogP contribution in [0.2, 0.25) is 10.0 Å². The molecule has 0 bridgehead atoms. The van der Waals surface area contributed by atoms with E-state index < -0.39 is 0 Å². The lowest BCUT2D eigenvalue weighted by molar-refractivity contribution is 0.248. The lowest BCUT2D eigenvalue weighted by atomic mass is 10.1. The van der Waals surface area contributed by atoms with E-state index >= 15 is 0 Å². The van der Waals surface area contributed by atoms with E-state index in [0.29, 0.717) is 28.1 Å². The molecule has 0 spiro atoms. The van der Waals surface area contributed by atoms with Gasteiger partial charge in [0.2, 0.25) is 5.95 Å². The van der Waals surface area contributed by atoms with Gasteiger partial charge in [0.1, 0.15) is 5.69 Å². The van der Waals surface area contributed by atoms with Gasteiger partial charge in [-0.2, -0.15) is 0 Å². The molecule has 3 aromatic rings. The first-order chi connectivity index (χ1) is 14.1. The molecule has 150 valence electrons. The Morgan fingerprint density at radius 3 is 2.34 bits per heavy atom. The van der Waals surface area contributed by atoms with Crippen molar-refractivity contribution in [2.75, 3.05) is 31.1 Å². The number of H-pyrrole nitrogens is 1. The second-order valence-corrected chi connectivity index (χ2v) is 7.91. The van der Waals surface area contributed by atoms with Crippen molar-refractivity contribution in [1.82, 2.24) is 20.1 Å². The molecule has 1 fully saturated rings. The molecule has 0 atom stereocenters. The molecule has 0 aliphatic carbocycles. The first-order valence-corrected chi connectivity index (χ1v) is 10.2. The molecule has 6 nitrogen and oxygen atoms in total. The van der Waals surface area contributed by atoms with Gasteiger partial charge in [-0.15, -0.1) is 10.2 Å². The van der Waals surface area contributed by atoms with Gasteiger partial charge in [0.05, 0.1) is 10.0 Å². The van der Waals surface area contributed by atoms with Gasteiger partial charge >= 0.3 is 0 Å². The second kappa shape index (κ2) is 8.95. The third-order valence-corrected chi connectivity index (χ3v) is 5.77. The van der Waals surface area contributed by atoms with Crippen molar-refractivity contribution in [3.05, 3.63) is 85.8 Å². The monoisotopic (exact) mass is 429 g/mol. The summed E-state index contributed by atoms with van der Waals surface area (Å²) >= 11 is 12.0. The highest BCUT2D eigenvalue weighted by Gasteiger charge is 2.20. The van der Waals surface area contributed by atoms with Gasteiger partial charge in [-0.25, -0.2) is 0 Å². The fourth-order valence-corrected chi connectivity index (χ4v) is 3.73. The first-order valence-electron chi connectivity index (χ1n) is 9.49. The second-order valence-electron chi connectivity index (χ2n) is 7.10. The Labute approximate surface area is 179 Å². The van der Waals surface area contributed by atoms with Crippen LogP contribution in [0.25, 0.3) is 0 Å². The van der Waals surface area contributed by atoms with E-state index in [0.717, 1.165) is 38.3 Å². The van der Waals surface area contributed by atoms with Crippen molar-refractivity contribution in [2.45, 2.75) is 13.0 Å². The number of benzene rings is 2. The number of anilines is 1. The Morgan fingerprint density at radius 1 is 0.897 bits per heavy atom. The maximum Gasteiger partial charge on any atom is 0.274 e. The van der Waals surface area contributed by atoms with E-state index in [1.165, 1.54) is 5.56 Å². The number of halogens is 2. The van der Waals surface area contributed by atoms with E-state index in [2.05, 4.69) is 49.2 Å². The Bertz CT molecular complexity index is 1030. The van der Waals surface area contributed by atoms with Crippen molar-refractivity contribution in [3.8, 4) is 0 Å². The SMILES string of the molecule is O=c1[nH]c(N2CCN(Cc3ccccc3)CC2)nnc1Cc1ccc(Cl)c(Cl)c1. The molecule has 1 N–H and O–H groups in total. The number of aromatic nitrogens is 3. The van der Waals surface area contributed by atoms with E-state index in [1.54, 1.807) is 12.1 Å². The summed E-state index contributed by atoms with van der Waals surface area (Å²) < 4.78 is 0. The molecule has 2 heterocycles. The number of aromatic amines is 1. The van der Waals surface area contributed by atoms with Crippen LogP contribution in [0, 0.1) is 0 Å². The molecule has 1 aliphatic heterocycles. The van der Waals surface area contributed by atoms with E-state index in [9.17, 15) is 4.79 Å². The van der Waals surface area contributed by atoms with Crippen LogP contribution in [0.5, 0.6) is 0 Å². The number of hydrogen-bond donors (Lipinski definition) is 1. The predicted octanol–water partition coefficient (Wildman–Crippen LogP) is 3.38. The molecule has 0 unspecified atom stereocenters. The maximum absolute atomic E-state index is 12.5. The predicted molar refractivity (Wildman–Crippen MR) is 116 cm³/mol. The minimum absolute atomic E-state index is 0.229. The van der Waals surface area contributed by atoms with Crippen LogP contribution >= 0.6 is 23.2 Å². The minimum Gasteiger partial charge on any atom is -0.338 e. The summed E-state index contributed by atoms with van der Waals surface area (Å²) in [5.74, 6) is 0.521. The molecular weight excluding hydrogens is 409 g/mol. The van der Waals surface area contributed by atoms with Crippen LogP contribution in [0.15, 0.2) is 53.3 Å². The summed E-state index contributed by atoms with van der Waals surface area (Å²) in [5, 5.41) is 9.35. The zero-order valence-electron chi connectivity index (χ0n) is 15.8. The highest BCUT2D eigenvalue weighted by molar-refractivity contribution is 6.42. The van der Waals surface area contributed by atoms with Gasteiger partial charge in [0.25, 0.3) is 5.56 Å². The van der Waals surface area contributed by atoms with Gasteiger partial charge < -0.3 is 4.90 Å². The van der Waals surface area contributed by atoms with Crippen molar-refractivity contribution in [1.29, 1.82) is 0 Å². The van der Waals surface area contributed by atoms with Crippen LogP contribution in [-0.2, 0) is 13.0 Å². The van der Waals surface area contributed by atoms with Crippen LogP contribution in [0.3, 0.4) is 0 Å². The molecule has 0 radical (unpaired) electrons. The molecule has 29 heavy (non-hydrogen) atoms. The smallest absolute Gasteiger partial charge is 0.274 e. The number of nitrogens with zero attached hydrogens (tertiary/aromatic N) is 4. The van der Waals surface area contributed by atoms with Gasteiger partial charge in [-0.1, -0.05) is 59.6 Å². The van der Waals surface area contributed by atoms with Crippen molar-refractivity contribution in [3.63, 3.8) is 0 Å². The summed E-state index contributed by atoms with van der Waals surface area (Å²) in [4.78, 5) is 19.8. The largest absolute Gasteiger partial charge is 0.338 e. The van der Waals surface area contributed by atoms with Gasteiger partial charge in [-0.05, 0) is 23.3 Å². The summed E-state index contributed by atoms with van der Waals surface area (Å²) in [6.07, 6.45) is 0.352. The number of nitrogens with one attached hydrogen (secondary N) is 1. The molecule has 1 saturated heterocycles. The Morgan fingerprint density at radius 2 is 1.66 bits per heavy atom. The van der Waals surface area contributed by atoms with E-state index in [-0.39, 0.29) is 5.56 Å². The highest BCUT2D eigenvalue weighted by Crippen LogP contribution is 2.23. The molecular formula is C21H21Cl2N5O. The summed E-state index contributed by atoms with van der Waals surface area (Å²) in [5.41, 5.74) is 2.30. The van der Waals surface area contributed by atoms with Crippen LogP contribution in [0.1, 0.15) is 16.8 Å². The number of rotatable bonds is 5. The van der Waals surface area contributed by atoms with Gasteiger partial charge in [0.15, 0.2) is 0 Å². The molecule has 8 heteroatoms. The standard InChI is InChI=1S/C21H21Cl2N5O/c22-17-7-6-16(12-18(17)23)13-19-20(29)24-21(26-25-19)28-10-8-27(9-11-28)14-15-4-2-1-3-5-15/h1-7,12H,8-11,13-14H2,(H,24,26,29). The quantitative estimate of drug-likeness (QED) is 0.673. The van der Waals surface area contributed by atoms with Crippen molar-refractivity contribution < 1.29 is 0 Å². The van der Waals surface area contributed by atoms with Crippen molar-refractivity contribution >= 4 is 29.2 Å². The minimum atomic E-state index is -0.229. The van der Waals surface area contributed by atoms with E-state index in [1.807, 2.05) is 12.1 Å². The lowest BCUT2D eigenvalue weighted by Gasteiger charge is -2.34. The first kappa shape index (κ1) is 19.9. The Balaban J connectivity index is 1.38. The average molecular weight is 430 g/mol. The lowest BCUT2D eigenvalue weighted by Crippen LogP contribution is -2.47. The van der Waals surface area contributed by atoms with Crippen LogP contribution in [0.4, 0.5) is 5.95 Å². The Hall–Kier alpha value is -2.41. The summed E-state index contributed by atoms with van der Waals surface area (Å²) in [6, 6.07) is 15.7. The van der Waals surface area contributed by atoms with Crippen LogP contribution in [-0.4, -0.2) is 46.3 Å². The number of hydrogen-bond acceptors (Lipinski definition) is 5. The van der Waals surface area contributed by atoms with Gasteiger partial charge in [0, 0.05) is 39.1 Å². The summed E-state index contributed by atoms with van der Waals surface area (Å²) in [6.45, 7) is 4.33. The molecule has 1 aliphatic rings. The van der Waals surface area contributed by atoms with Crippen molar-refractivity contribution in [2.24, 2.45) is 0 Å². The molecule has 0 saturated carbocycles. The average Bonchev–Trinajstić information content (AvgIpc) is 2.73. The van der Waals surface area contributed by atoms with E-state index in [4.69, 9.17) is 23.2 Å². The third-order valence-electron chi connectivity index (χ3n) is 5.03. The molecule has 4 rings (SSSR count). The normalized spacial score (nSPS) is 14.9. The van der Waals surface area contributed by atoms with Crippen LogP contribution < -0.4 is 10.5 Å². The fraction of sp³-hybridized carbons (Fsp3) is 0.286. The molecule has 1 aromatic heterocycles. The third kappa shape index (κ3) is 4.96. The maximum atomic E-state index is 12.5. The zero-order valence-corrected chi connectivity index (χ0v) is 17.3. The summed E-state index contributed by atoms with van der Waals surface area (Å²) in [7, 11) is 0. The topological polar surface area (TPSA) is 65.1 Å². The molecule has 0 amide bonds. The van der Waals surface area contributed by atoms with Gasteiger partial charge in [-0.3, -0.25) is 14.7 Å². The zero-order chi connectivity index (χ0) is 20.2. The number of piperazine rings is 1. The fourth-order valence-electron chi connectivity index (χ4n) is 3.41. The Kier molecular flexibility index (Phi) is 6.13.